The topological polar surface area (TPSA) is 26.3 Å². The summed E-state index contributed by atoms with van der Waals surface area (Å²) < 4.78 is 4.76. The molecule has 8 heavy (non-hydrogen) atoms. The molecule has 1 atom stereocenters. The molecule has 1 fully saturated rings. The third-order valence-electron chi connectivity index (χ3n) is 1.12. The molecule has 0 N–H and O–H groups in total. The van der Waals surface area contributed by atoms with E-state index in [9.17, 15) is 4.79 Å². The summed E-state index contributed by atoms with van der Waals surface area (Å²) in [6.07, 6.45) is 2.48. The van der Waals surface area contributed by atoms with Crippen LogP contribution in [0.15, 0.2) is 0 Å². The molecule has 0 saturated carbocycles. The molecule has 1 aliphatic heterocycles. The average molecular weight is 127 g/mol. The Balaban J connectivity index is 2.34. The van der Waals surface area contributed by atoms with Crippen molar-refractivity contribution in [3.63, 3.8) is 0 Å². The minimum Gasteiger partial charge on any atom is -0.467 e. The lowest BCUT2D eigenvalue weighted by molar-refractivity contribution is -0.149. The van der Waals surface area contributed by atoms with Gasteiger partial charge in [-0.25, -0.2) is 0 Å². The van der Waals surface area contributed by atoms with E-state index in [-0.39, 0.29) is 11.7 Å². The van der Waals surface area contributed by atoms with E-state index in [0.717, 1.165) is 12.8 Å². The van der Waals surface area contributed by atoms with E-state index >= 15 is 0 Å². The molecule has 0 amide bonds. The fourth-order valence-corrected chi connectivity index (χ4v) is 1.04. The van der Waals surface area contributed by atoms with E-state index in [1.807, 2.05) is 0 Å². The summed E-state index contributed by atoms with van der Waals surface area (Å²) in [5.74, 6) is -0.0868. The third-order valence-corrected chi connectivity index (χ3v) is 1.53. The van der Waals surface area contributed by atoms with Crippen LogP contribution in [0.5, 0.6) is 0 Å². The van der Waals surface area contributed by atoms with Crippen molar-refractivity contribution in [1.29, 1.82) is 0 Å². The molecule has 1 heterocycles. The average Bonchev–Trinajstić information content (AvgIpc) is 1.64. The molecular weight excluding hydrogens is 120 g/mol. The molecule has 0 bridgehead atoms. The summed E-state index contributed by atoms with van der Waals surface area (Å²) in [7, 11) is 3.23. The molecule has 0 aromatic rings. The van der Waals surface area contributed by atoms with Crippen LogP contribution in [0.4, 0.5) is 0 Å². The Morgan fingerprint density at radius 3 is 2.88 bits per heavy atom. The molecule has 3 radical (unpaired) electrons. The number of rotatable bonds is 0. The maximum Gasteiger partial charge on any atom is 0.305 e. The van der Waals surface area contributed by atoms with Crippen molar-refractivity contribution in [3.8, 4) is 0 Å². The summed E-state index contributed by atoms with van der Waals surface area (Å²) in [5.41, 5.74) is -0.0313. The van der Waals surface area contributed by atoms with Gasteiger partial charge in [-0.1, -0.05) is 0 Å². The van der Waals surface area contributed by atoms with E-state index in [2.05, 4.69) is 10.2 Å². The van der Waals surface area contributed by atoms with Gasteiger partial charge in [-0.2, -0.15) is 0 Å². The third kappa shape index (κ3) is 1.33. The van der Waals surface area contributed by atoms with Gasteiger partial charge < -0.3 is 4.74 Å². The van der Waals surface area contributed by atoms with Crippen LogP contribution in [-0.4, -0.2) is 21.9 Å². The molecular formula is C5H7O2Si. The lowest BCUT2D eigenvalue weighted by Gasteiger charge is -2.17. The smallest absolute Gasteiger partial charge is 0.305 e. The Morgan fingerprint density at radius 2 is 2.50 bits per heavy atom. The summed E-state index contributed by atoms with van der Waals surface area (Å²) in [4.78, 5) is 10.4. The van der Waals surface area contributed by atoms with Gasteiger partial charge in [-0.3, -0.25) is 4.79 Å². The van der Waals surface area contributed by atoms with Crippen LogP contribution in [-0.2, 0) is 9.53 Å². The number of esters is 1. The van der Waals surface area contributed by atoms with Gasteiger partial charge in [0.1, 0.15) is 0 Å². The first-order valence-corrected chi connectivity index (χ1v) is 3.27. The molecule has 0 spiro atoms. The fourth-order valence-electron chi connectivity index (χ4n) is 0.708. The first kappa shape index (κ1) is 5.82. The van der Waals surface area contributed by atoms with Crippen LogP contribution >= 0.6 is 0 Å². The van der Waals surface area contributed by atoms with E-state index in [1.54, 1.807) is 0 Å². The summed E-state index contributed by atoms with van der Waals surface area (Å²) in [5, 5.41) is 0. The zero-order chi connectivity index (χ0) is 5.98. The maximum atomic E-state index is 10.4. The van der Waals surface area contributed by atoms with E-state index in [4.69, 9.17) is 4.74 Å². The molecule has 43 valence electrons. The number of cyclic esters (lactones) is 1. The largest absolute Gasteiger partial charge is 0.467 e. The predicted molar refractivity (Wildman–Crippen MR) is 29.5 cm³/mol. The minimum absolute atomic E-state index is 0.0313. The van der Waals surface area contributed by atoms with Gasteiger partial charge >= 0.3 is 5.97 Å². The minimum atomic E-state index is -0.0868. The number of hydrogen-bond donors (Lipinski definition) is 0. The van der Waals surface area contributed by atoms with Crippen molar-refractivity contribution in [1.82, 2.24) is 0 Å². The van der Waals surface area contributed by atoms with Gasteiger partial charge in [-0.15, -0.1) is 0 Å². The van der Waals surface area contributed by atoms with Gasteiger partial charge in [0.05, 0.1) is 16.0 Å². The molecule has 2 nitrogen and oxygen atoms in total. The van der Waals surface area contributed by atoms with Gasteiger partial charge in [0.15, 0.2) is 0 Å². The fraction of sp³-hybridized carbons (Fsp3) is 0.800. The van der Waals surface area contributed by atoms with Crippen LogP contribution in [0.25, 0.3) is 0 Å². The highest BCUT2D eigenvalue weighted by molar-refractivity contribution is 6.11. The highest BCUT2D eigenvalue weighted by Gasteiger charge is 2.14. The Hall–Kier alpha value is -0.313. The summed E-state index contributed by atoms with van der Waals surface area (Å²) in [6, 6.07) is 0. The first-order chi connectivity index (χ1) is 3.79. The zero-order valence-corrected chi connectivity index (χ0v) is 5.52. The summed E-state index contributed by atoms with van der Waals surface area (Å²) >= 11 is 0. The van der Waals surface area contributed by atoms with Crippen LogP contribution in [0.3, 0.4) is 0 Å². The number of ether oxygens (including phenoxy) is 1. The van der Waals surface area contributed by atoms with Crippen molar-refractivity contribution in [3.05, 3.63) is 0 Å². The van der Waals surface area contributed by atoms with Gasteiger partial charge in [0, 0.05) is 6.42 Å². The molecule has 0 aromatic heterocycles. The van der Waals surface area contributed by atoms with Crippen molar-refractivity contribution < 1.29 is 9.53 Å². The maximum absolute atomic E-state index is 10.4. The number of hydrogen-bond acceptors (Lipinski definition) is 2. The molecule has 0 aromatic carbocycles. The SMILES string of the molecule is O=C1CCCC([Si])O1. The first-order valence-electron chi connectivity index (χ1n) is 2.69. The quantitative estimate of drug-likeness (QED) is 0.343. The molecule has 0 aliphatic carbocycles. The van der Waals surface area contributed by atoms with Gasteiger partial charge in [-0.05, 0) is 12.8 Å². The van der Waals surface area contributed by atoms with Crippen LogP contribution < -0.4 is 0 Å². The highest BCUT2D eigenvalue weighted by atomic mass is 28.1. The zero-order valence-electron chi connectivity index (χ0n) is 4.52. The molecule has 1 unspecified atom stereocenters. The Bertz CT molecular complexity index is 103. The monoisotopic (exact) mass is 127 g/mol. The standard InChI is InChI=1S/C5H7O2Si/c6-4-2-1-3-5(8)7-4/h5H,1-3H2. The van der Waals surface area contributed by atoms with Gasteiger partial charge in [0.25, 0.3) is 0 Å². The second kappa shape index (κ2) is 2.30. The Morgan fingerprint density at radius 1 is 1.75 bits per heavy atom. The van der Waals surface area contributed by atoms with Crippen LogP contribution in [0, 0.1) is 0 Å². The molecule has 1 aliphatic rings. The van der Waals surface area contributed by atoms with Crippen LogP contribution in [0.1, 0.15) is 19.3 Å². The number of carbonyl (C=O) groups excluding carboxylic acids is 1. The van der Waals surface area contributed by atoms with Crippen molar-refractivity contribution in [2.75, 3.05) is 0 Å². The lowest BCUT2D eigenvalue weighted by Crippen LogP contribution is -2.22. The highest BCUT2D eigenvalue weighted by Crippen LogP contribution is 2.10. The van der Waals surface area contributed by atoms with Crippen molar-refractivity contribution in [2.45, 2.75) is 25.0 Å². The molecule has 1 saturated heterocycles. The van der Waals surface area contributed by atoms with Crippen molar-refractivity contribution >= 4 is 16.2 Å². The van der Waals surface area contributed by atoms with E-state index in [1.165, 1.54) is 0 Å². The van der Waals surface area contributed by atoms with Crippen molar-refractivity contribution in [2.24, 2.45) is 0 Å². The summed E-state index contributed by atoms with van der Waals surface area (Å²) in [6.45, 7) is 0. The van der Waals surface area contributed by atoms with E-state index in [0.29, 0.717) is 6.42 Å². The second-order valence-electron chi connectivity index (χ2n) is 1.87. The Labute approximate surface area is 51.6 Å². The number of carbonyl (C=O) groups is 1. The van der Waals surface area contributed by atoms with Gasteiger partial charge in [0.2, 0.25) is 0 Å². The van der Waals surface area contributed by atoms with Crippen LogP contribution in [0.2, 0.25) is 0 Å². The van der Waals surface area contributed by atoms with E-state index < -0.39 is 0 Å². The molecule has 1 rings (SSSR count). The predicted octanol–water partition coefficient (Wildman–Crippen LogP) is 0.208. The Kier molecular flexibility index (Phi) is 1.68. The second-order valence-corrected chi connectivity index (χ2v) is 2.51. The normalized spacial score (nSPS) is 29.6. The lowest BCUT2D eigenvalue weighted by atomic mass is 10.2. The molecule has 3 heteroatoms.